The van der Waals surface area contributed by atoms with Crippen LogP contribution in [0.15, 0.2) is 18.2 Å². The number of nitrogens with one attached hydrogen (secondary N) is 1. The highest BCUT2D eigenvalue weighted by Crippen LogP contribution is 2.32. The summed E-state index contributed by atoms with van der Waals surface area (Å²) in [4.78, 5) is 35.7. The first-order chi connectivity index (χ1) is 10.6. The summed E-state index contributed by atoms with van der Waals surface area (Å²) in [6, 6.07) is 4.74. The van der Waals surface area contributed by atoms with Crippen LogP contribution < -0.4 is 14.9 Å². The summed E-state index contributed by atoms with van der Waals surface area (Å²) in [7, 11) is 1.25. The first kappa shape index (κ1) is 14.2. The number of hydrogen-bond donors (Lipinski definition) is 1. The summed E-state index contributed by atoms with van der Waals surface area (Å²) in [6.45, 7) is 0.170. The molecule has 1 aromatic rings. The Hall–Kier alpha value is -2.77. The van der Waals surface area contributed by atoms with Gasteiger partial charge >= 0.3 is 5.97 Å². The molecule has 0 radical (unpaired) electrons. The van der Waals surface area contributed by atoms with Crippen LogP contribution >= 0.6 is 0 Å². The van der Waals surface area contributed by atoms with Gasteiger partial charge in [0.25, 0.3) is 5.91 Å². The van der Waals surface area contributed by atoms with E-state index in [0.29, 0.717) is 17.1 Å². The highest BCUT2D eigenvalue weighted by Gasteiger charge is 2.34. The fourth-order valence-corrected chi connectivity index (χ4v) is 2.39. The predicted octanol–water partition coefficient (Wildman–Crippen LogP) is 0.0816. The molecule has 2 heterocycles. The quantitative estimate of drug-likeness (QED) is 0.778. The number of rotatable bonds is 2. The Morgan fingerprint density at radius 1 is 1.32 bits per heavy atom. The molecule has 2 aliphatic heterocycles. The predicted molar refractivity (Wildman–Crippen MR) is 71.9 cm³/mol. The summed E-state index contributed by atoms with van der Waals surface area (Å²) in [5.41, 5.74) is 2.79. The van der Waals surface area contributed by atoms with Gasteiger partial charge in [-0.2, -0.15) is 0 Å². The second-order valence-corrected chi connectivity index (χ2v) is 4.94. The molecule has 0 saturated carbocycles. The van der Waals surface area contributed by atoms with Crippen molar-refractivity contribution < 1.29 is 28.6 Å². The minimum absolute atomic E-state index is 0.00239. The van der Waals surface area contributed by atoms with Crippen molar-refractivity contribution in [2.24, 2.45) is 5.92 Å². The van der Waals surface area contributed by atoms with Crippen molar-refractivity contribution in [2.45, 2.75) is 6.42 Å². The average molecular weight is 306 g/mol. The summed E-state index contributed by atoms with van der Waals surface area (Å²) in [5.74, 6) is -0.989. The maximum absolute atomic E-state index is 12.5. The first-order valence-corrected chi connectivity index (χ1v) is 6.67. The zero-order chi connectivity index (χ0) is 15.7. The van der Waals surface area contributed by atoms with Gasteiger partial charge in [-0.05, 0) is 18.2 Å². The zero-order valence-electron chi connectivity index (χ0n) is 11.8. The van der Waals surface area contributed by atoms with Crippen molar-refractivity contribution in [1.29, 1.82) is 0 Å². The van der Waals surface area contributed by atoms with E-state index < -0.39 is 23.7 Å². The van der Waals surface area contributed by atoms with E-state index in [0.717, 1.165) is 5.01 Å². The van der Waals surface area contributed by atoms with Gasteiger partial charge in [-0.1, -0.05) is 0 Å². The highest BCUT2D eigenvalue weighted by molar-refractivity contribution is 5.97. The van der Waals surface area contributed by atoms with E-state index in [1.165, 1.54) is 7.11 Å². The lowest BCUT2D eigenvalue weighted by atomic mass is 10.0. The van der Waals surface area contributed by atoms with Gasteiger partial charge in [0.05, 0.1) is 19.6 Å². The smallest absolute Gasteiger partial charge is 0.311 e. The van der Waals surface area contributed by atoms with Gasteiger partial charge in [-0.25, -0.2) is 5.01 Å². The molecule has 22 heavy (non-hydrogen) atoms. The standard InChI is InChI=1S/C14H14N2O6/c1-20-14(19)9-5-12(17)15-16(6-9)13(18)8-2-3-10-11(4-8)22-7-21-10/h2-4,9H,5-7H2,1H3,(H,15,17). The van der Waals surface area contributed by atoms with Crippen LogP contribution in [0.4, 0.5) is 0 Å². The number of nitrogens with zero attached hydrogens (tertiary/aromatic N) is 1. The molecular weight excluding hydrogens is 292 g/mol. The third-order valence-corrected chi connectivity index (χ3v) is 3.49. The fourth-order valence-electron chi connectivity index (χ4n) is 2.39. The van der Waals surface area contributed by atoms with Gasteiger partial charge in [-0.3, -0.25) is 19.8 Å². The van der Waals surface area contributed by atoms with Gasteiger partial charge in [-0.15, -0.1) is 0 Å². The average Bonchev–Trinajstić information content (AvgIpc) is 3.00. The lowest BCUT2D eigenvalue weighted by molar-refractivity contribution is -0.151. The molecule has 8 nitrogen and oxygen atoms in total. The topological polar surface area (TPSA) is 94.2 Å². The number of esters is 1. The molecule has 2 amide bonds. The van der Waals surface area contributed by atoms with Crippen molar-refractivity contribution in [1.82, 2.24) is 10.4 Å². The first-order valence-electron chi connectivity index (χ1n) is 6.67. The number of fused-ring (bicyclic) bond motifs is 1. The summed E-state index contributed by atoms with van der Waals surface area (Å²) in [5, 5.41) is 1.12. The number of hydrogen-bond acceptors (Lipinski definition) is 6. The second-order valence-electron chi connectivity index (χ2n) is 4.94. The molecule has 0 spiro atoms. The van der Waals surface area contributed by atoms with E-state index >= 15 is 0 Å². The SMILES string of the molecule is COC(=O)C1CC(=O)NN(C(=O)c2ccc3c(c2)OCO3)C1. The third-order valence-electron chi connectivity index (χ3n) is 3.49. The molecule has 0 aromatic heterocycles. The van der Waals surface area contributed by atoms with Crippen molar-refractivity contribution in [3.05, 3.63) is 23.8 Å². The Kier molecular flexibility index (Phi) is 3.58. The van der Waals surface area contributed by atoms with Crippen LogP contribution in [-0.4, -0.2) is 43.2 Å². The normalized spacial score (nSPS) is 19.6. The highest BCUT2D eigenvalue weighted by atomic mass is 16.7. The summed E-state index contributed by atoms with van der Waals surface area (Å²) >= 11 is 0. The lowest BCUT2D eigenvalue weighted by Crippen LogP contribution is -2.54. The van der Waals surface area contributed by atoms with Gasteiger partial charge in [0.1, 0.15) is 0 Å². The summed E-state index contributed by atoms with van der Waals surface area (Å²) in [6.07, 6.45) is -0.00239. The number of carbonyl (C=O) groups is 3. The maximum Gasteiger partial charge on any atom is 0.311 e. The number of hydrazine groups is 1. The van der Waals surface area contributed by atoms with E-state index in [-0.39, 0.29) is 19.8 Å². The number of ether oxygens (including phenoxy) is 3. The fraction of sp³-hybridized carbons (Fsp3) is 0.357. The Bertz CT molecular complexity index is 644. The molecular formula is C14H14N2O6. The molecule has 1 saturated heterocycles. The van der Waals surface area contributed by atoms with E-state index in [1.54, 1.807) is 18.2 Å². The molecule has 1 N–H and O–H groups in total. The largest absolute Gasteiger partial charge is 0.469 e. The molecule has 1 unspecified atom stereocenters. The van der Waals surface area contributed by atoms with Gasteiger partial charge in [0, 0.05) is 12.0 Å². The molecule has 3 rings (SSSR count). The molecule has 8 heteroatoms. The molecule has 0 bridgehead atoms. The number of carbonyl (C=O) groups excluding carboxylic acids is 3. The molecule has 1 fully saturated rings. The Morgan fingerprint density at radius 3 is 2.86 bits per heavy atom. The Balaban J connectivity index is 1.79. The number of amides is 2. The van der Waals surface area contributed by atoms with Crippen molar-refractivity contribution in [2.75, 3.05) is 20.4 Å². The van der Waals surface area contributed by atoms with E-state index in [2.05, 4.69) is 10.2 Å². The van der Waals surface area contributed by atoms with Gasteiger partial charge in [0.15, 0.2) is 11.5 Å². The number of benzene rings is 1. The van der Waals surface area contributed by atoms with Crippen molar-refractivity contribution in [3.8, 4) is 11.5 Å². The van der Waals surface area contributed by atoms with Gasteiger partial charge in [0.2, 0.25) is 12.7 Å². The van der Waals surface area contributed by atoms with Gasteiger partial charge < -0.3 is 14.2 Å². The van der Waals surface area contributed by atoms with E-state index in [9.17, 15) is 14.4 Å². The van der Waals surface area contributed by atoms with Crippen LogP contribution in [0.5, 0.6) is 11.5 Å². The van der Waals surface area contributed by atoms with Crippen molar-refractivity contribution in [3.63, 3.8) is 0 Å². The molecule has 2 aliphatic rings. The van der Waals surface area contributed by atoms with Crippen LogP contribution in [0.2, 0.25) is 0 Å². The van der Waals surface area contributed by atoms with Crippen LogP contribution in [0.1, 0.15) is 16.8 Å². The maximum atomic E-state index is 12.5. The van der Waals surface area contributed by atoms with Crippen molar-refractivity contribution >= 4 is 17.8 Å². The minimum Gasteiger partial charge on any atom is -0.469 e. The van der Waals surface area contributed by atoms with Crippen LogP contribution in [0, 0.1) is 5.92 Å². The third kappa shape index (κ3) is 2.54. The Morgan fingerprint density at radius 2 is 2.09 bits per heavy atom. The molecule has 0 aliphatic carbocycles. The zero-order valence-corrected chi connectivity index (χ0v) is 11.8. The minimum atomic E-state index is -0.670. The van der Waals surface area contributed by atoms with Crippen LogP contribution in [-0.2, 0) is 14.3 Å². The van der Waals surface area contributed by atoms with E-state index in [4.69, 9.17) is 9.47 Å². The number of methoxy groups -OCH3 is 1. The van der Waals surface area contributed by atoms with Crippen LogP contribution in [0.25, 0.3) is 0 Å². The molecule has 1 aromatic carbocycles. The Labute approximate surface area is 125 Å². The molecule has 1 atom stereocenters. The lowest BCUT2D eigenvalue weighted by Gasteiger charge is -2.31. The second kappa shape index (κ2) is 5.55. The van der Waals surface area contributed by atoms with Crippen LogP contribution in [0.3, 0.4) is 0 Å². The molecule has 116 valence electrons. The monoisotopic (exact) mass is 306 g/mol. The summed E-state index contributed by atoms with van der Waals surface area (Å²) < 4.78 is 15.0. The van der Waals surface area contributed by atoms with E-state index in [1.807, 2.05) is 0 Å².